The van der Waals surface area contributed by atoms with Crippen LogP contribution in [0.4, 0.5) is 5.69 Å². The number of hydrogen-bond donors (Lipinski definition) is 1. The molecule has 0 bridgehead atoms. The van der Waals surface area contributed by atoms with Gasteiger partial charge in [-0.25, -0.2) is 8.42 Å². The van der Waals surface area contributed by atoms with Crippen molar-refractivity contribution in [2.75, 3.05) is 18.1 Å². The number of anilines is 1. The monoisotopic (exact) mass is 361 g/mol. The molecule has 1 N–H and O–H groups in total. The molecule has 0 aliphatic heterocycles. The zero-order valence-electron chi connectivity index (χ0n) is 14.5. The van der Waals surface area contributed by atoms with Crippen molar-refractivity contribution < 1.29 is 13.2 Å². The molecular formula is C18H23N3O3S. The minimum absolute atomic E-state index is 0.0813. The van der Waals surface area contributed by atoms with Crippen molar-refractivity contribution in [3.8, 4) is 0 Å². The SMILES string of the molecule is CCc1ccccc1NC(=O)CCN(Cc1ccccn1)S(C)(=O)=O. The number of para-hydroxylation sites is 1. The molecule has 0 atom stereocenters. The molecule has 0 spiro atoms. The molecule has 0 fully saturated rings. The molecule has 0 aliphatic rings. The van der Waals surface area contributed by atoms with E-state index in [0.29, 0.717) is 5.69 Å². The van der Waals surface area contributed by atoms with Gasteiger partial charge in [-0.1, -0.05) is 31.2 Å². The van der Waals surface area contributed by atoms with Crippen LogP contribution in [0.2, 0.25) is 0 Å². The topological polar surface area (TPSA) is 79.4 Å². The first kappa shape index (κ1) is 19.1. The lowest BCUT2D eigenvalue weighted by atomic mass is 10.1. The minimum Gasteiger partial charge on any atom is -0.326 e. The maximum absolute atomic E-state index is 12.2. The molecule has 0 saturated carbocycles. The van der Waals surface area contributed by atoms with Crippen LogP contribution in [0.25, 0.3) is 0 Å². The lowest BCUT2D eigenvalue weighted by Gasteiger charge is -2.19. The molecule has 25 heavy (non-hydrogen) atoms. The van der Waals surface area contributed by atoms with E-state index in [0.717, 1.165) is 23.9 Å². The predicted octanol–water partition coefficient (Wildman–Crippen LogP) is 2.43. The number of benzene rings is 1. The highest BCUT2D eigenvalue weighted by molar-refractivity contribution is 7.88. The van der Waals surface area contributed by atoms with E-state index in [-0.39, 0.29) is 25.4 Å². The Morgan fingerprint density at radius 1 is 1.16 bits per heavy atom. The fourth-order valence-corrected chi connectivity index (χ4v) is 3.21. The van der Waals surface area contributed by atoms with Crippen LogP contribution in [0.5, 0.6) is 0 Å². The summed E-state index contributed by atoms with van der Waals surface area (Å²) in [4.78, 5) is 16.4. The Bertz CT molecular complexity index is 807. The third-order valence-corrected chi connectivity index (χ3v) is 5.04. The summed E-state index contributed by atoms with van der Waals surface area (Å²) >= 11 is 0. The average molecular weight is 361 g/mol. The smallest absolute Gasteiger partial charge is 0.225 e. The number of sulfonamides is 1. The highest BCUT2D eigenvalue weighted by Gasteiger charge is 2.19. The maximum atomic E-state index is 12.2. The number of hydrogen-bond acceptors (Lipinski definition) is 4. The van der Waals surface area contributed by atoms with E-state index >= 15 is 0 Å². The summed E-state index contributed by atoms with van der Waals surface area (Å²) in [5.41, 5.74) is 2.46. The van der Waals surface area contributed by atoms with E-state index in [1.54, 1.807) is 24.4 Å². The number of carbonyl (C=O) groups is 1. The van der Waals surface area contributed by atoms with Gasteiger partial charge in [0, 0.05) is 24.8 Å². The standard InChI is InChI=1S/C18H23N3O3S/c1-3-15-8-4-5-10-17(15)20-18(22)11-13-21(25(2,23)24)14-16-9-6-7-12-19-16/h4-10,12H,3,11,13-14H2,1-2H3,(H,20,22). The van der Waals surface area contributed by atoms with Crippen LogP contribution in [-0.4, -0.2) is 36.4 Å². The maximum Gasteiger partial charge on any atom is 0.225 e. The number of carbonyl (C=O) groups excluding carboxylic acids is 1. The minimum atomic E-state index is -3.43. The Balaban J connectivity index is 1.99. The molecule has 7 heteroatoms. The molecule has 1 amide bonds. The molecular weight excluding hydrogens is 338 g/mol. The summed E-state index contributed by atoms with van der Waals surface area (Å²) in [5, 5.41) is 2.86. The molecule has 134 valence electrons. The largest absolute Gasteiger partial charge is 0.326 e. The van der Waals surface area contributed by atoms with E-state index in [1.165, 1.54) is 4.31 Å². The molecule has 0 radical (unpaired) electrons. The summed E-state index contributed by atoms with van der Waals surface area (Å²) in [6.45, 7) is 2.28. The zero-order valence-corrected chi connectivity index (χ0v) is 15.3. The molecule has 1 heterocycles. The number of nitrogens with one attached hydrogen (secondary N) is 1. The van der Waals surface area contributed by atoms with Gasteiger partial charge in [-0.2, -0.15) is 4.31 Å². The van der Waals surface area contributed by atoms with Gasteiger partial charge in [0.05, 0.1) is 18.5 Å². The van der Waals surface area contributed by atoms with Crippen LogP contribution in [0.15, 0.2) is 48.7 Å². The van der Waals surface area contributed by atoms with Crippen molar-refractivity contribution >= 4 is 21.6 Å². The lowest BCUT2D eigenvalue weighted by Crippen LogP contribution is -2.33. The van der Waals surface area contributed by atoms with Gasteiger partial charge < -0.3 is 5.32 Å². The number of pyridine rings is 1. The highest BCUT2D eigenvalue weighted by Crippen LogP contribution is 2.16. The third-order valence-electron chi connectivity index (χ3n) is 3.79. The molecule has 6 nitrogen and oxygen atoms in total. The van der Waals surface area contributed by atoms with Crippen molar-refractivity contribution in [2.45, 2.75) is 26.3 Å². The van der Waals surface area contributed by atoms with Crippen LogP contribution in [0, 0.1) is 0 Å². The zero-order chi connectivity index (χ0) is 18.3. The second-order valence-electron chi connectivity index (χ2n) is 5.73. The van der Waals surface area contributed by atoms with E-state index in [9.17, 15) is 13.2 Å². The first-order chi connectivity index (χ1) is 11.9. The van der Waals surface area contributed by atoms with Crippen LogP contribution in [0.1, 0.15) is 24.6 Å². The first-order valence-electron chi connectivity index (χ1n) is 8.13. The number of amides is 1. The average Bonchev–Trinajstić information content (AvgIpc) is 2.59. The lowest BCUT2D eigenvalue weighted by molar-refractivity contribution is -0.116. The molecule has 2 rings (SSSR count). The van der Waals surface area contributed by atoms with Crippen LogP contribution in [-0.2, 0) is 27.8 Å². The Labute approximate surface area is 148 Å². The van der Waals surface area contributed by atoms with Crippen LogP contribution < -0.4 is 5.32 Å². The van der Waals surface area contributed by atoms with Crippen LogP contribution >= 0.6 is 0 Å². The second kappa shape index (κ2) is 8.73. The van der Waals surface area contributed by atoms with Gasteiger partial charge in [-0.05, 0) is 30.2 Å². The van der Waals surface area contributed by atoms with Gasteiger partial charge in [0.15, 0.2) is 0 Å². The Kier molecular flexibility index (Phi) is 6.66. The molecule has 0 aliphatic carbocycles. The first-order valence-corrected chi connectivity index (χ1v) is 9.97. The Morgan fingerprint density at radius 2 is 1.88 bits per heavy atom. The van der Waals surface area contributed by atoms with E-state index in [1.807, 2.05) is 31.2 Å². The fraction of sp³-hybridized carbons (Fsp3) is 0.333. The number of aromatic nitrogens is 1. The summed E-state index contributed by atoms with van der Waals surface area (Å²) < 4.78 is 25.2. The van der Waals surface area contributed by atoms with E-state index < -0.39 is 10.0 Å². The van der Waals surface area contributed by atoms with Gasteiger partial charge in [0.2, 0.25) is 15.9 Å². The van der Waals surface area contributed by atoms with Gasteiger partial charge >= 0.3 is 0 Å². The van der Waals surface area contributed by atoms with Gasteiger partial charge in [-0.3, -0.25) is 9.78 Å². The number of nitrogens with zero attached hydrogens (tertiary/aromatic N) is 2. The predicted molar refractivity (Wildman–Crippen MR) is 98.6 cm³/mol. The second-order valence-corrected chi connectivity index (χ2v) is 7.71. The molecule has 1 aromatic heterocycles. The van der Waals surface area contributed by atoms with Crippen molar-refractivity contribution in [2.24, 2.45) is 0 Å². The summed E-state index contributed by atoms with van der Waals surface area (Å²) in [7, 11) is -3.43. The van der Waals surface area contributed by atoms with Crippen molar-refractivity contribution in [1.29, 1.82) is 0 Å². The normalized spacial score (nSPS) is 11.5. The van der Waals surface area contributed by atoms with E-state index in [2.05, 4.69) is 10.3 Å². The Hall–Kier alpha value is -2.25. The van der Waals surface area contributed by atoms with Gasteiger partial charge in [0.25, 0.3) is 0 Å². The Morgan fingerprint density at radius 3 is 2.52 bits per heavy atom. The molecule has 2 aromatic rings. The van der Waals surface area contributed by atoms with Crippen molar-refractivity contribution in [3.05, 3.63) is 59.9 Å². The number of rotatable bonds is 8. The van der Waals surface area contributed by atoms with Gasteiger partial charge in [-0.15, -0.1) is 0 Å². The number of aryl methyl sites for hydroxylation is 1. The summed E-state index contributed by atoms with van der Waals surface area (Å²) in [5.74, 6) is -0.212. The molecule has 0 unspecified atom stereocenters. The third kappa shape index (κ3) is 5.95. The van der Waals surface area contributed by atoms with Crippen molar-refractivity contribution in [3.63, 3.8) is 0 Å². The summed E-state index contributed by atoms with van der Waals surface area (Å²) in [6.07, 6.45) is 3.65. The van der Waals surface area contributed by atoms with Crippen LogP contribution in [0.3, 0.4) is 0 Å². The summed E-state index contributed by atoms with van der Waals surface area (Å²) in [6, 6.07) is 12.9. The van der Waals surface area contributed by atoms with Gasteiger partial charge in [0.1, 0.15) is 0 Å². The molecule has 1 aromatic carbocycles. The van der Waals surface area contributed by atoms with E-state index in [4.69, 9.17) is 0 Å². The highest BCUT2D eigenvalue weighted by atomic mass is 32.2. The molecule has 0 saturated heterocycles. The van der Waals surface area contributed by atoms with Crippen molar-refractivity contribution in [1.82, 2.24) is 9.29 Å². The fourth-order valence-electron chi connectivity index (χ4n) is 2.42. The quantitative estimate of drug-likeness (QED) is 0.783.